The zero-order valence-corrected chi connectivity index (χ0v) is 13.5. The van der Waals surface area contributed by atoms with Gasteiger partial charge < -0.3 is 5.11 Å². The maximum atomic E-state index is 14.1. The molecule has 2 rings (SSSR count). The first-order chi connectivity index (χ1) is 8.90. The molecule has 1 unspecified atom stereocenters. The van der Waals surface area contributed by atoms with Crippen LogP contribution in [-0.2, 0) is 0 Å². The third-order valence-electron chi connectivity index (χ3n) is 3.01. The van der Waals surface area contributed by atoms with Gasteiger partial charge in [-0.05, 0) is 77.4 Å². The van der Waals surface area contributed by atoms with Crippen LogP contribution in [0.15, 0.2) is 30.3 Å². The average Bonchev–Trinajstić information content (AvgIpc) is 2.30. The molecule has 0 aliphatic heterocycles. The number of halogens is 3. The summed E-state index contributed by atoms with van der Waals surface area (Å²) in [5.74, 6) is -0.388. The van der Waals surface area contributed by atoms with E-state index in [0.717, 1.165) is 14.7 Å². The number of aliphatic hydroxyl groups excluding tert-OH is 1. The summed E-state index contributed by atoms with van der Waals surface area (Å²) >= 11 is 8.05. The van der Waals surface area contributed by atoms with Crippen molar-refractivity contribution < 1.29 is 9.50 Å². The number of hydrogen-bond donors (Lipinski definition) is 1. The van der Waals surface area contributed by atoms with Crippen LogP contribution in [-0.4, -0.2) is 5.11 Å². The lowest BCUT2D eigenvalue weighted by atomic mass is 9.95. The van der Waals surface area contributed by atoms with Crippen molar-refractivity contribution in [2.75, 3.05) is 0 Å². The van der Waals surface area contributed by atoms with Crippen LogP contribution in [0, 0.1) is 23.2 Å². The van der Waals surface area contributed by atoms with E-state index in [1.165, 1.54) is 6.07 Å². The van der Waals surface area contributed by atoms with Gasteiger partial charge in [-0.15, -0.1) is 0 Å². The van der Waals surface area contributed by atoms with Gasteiger partial charge in [-0.25, -0.2) is 4.39 Å². The average molecular weight is 391 g/mol. The van der Waals surface area contributed by atoms with Crippen molar-refractivity contribution in [2.45, 2.75) is 20.0 Å². The molecule has 0 fully saturated rings. The Balaban J connectivity index is 2.56. The van der Waals surface area contributed by atoms with Crippen LogP contribution in [0.4, 0.5) is 4.39 Å². The first kappa shape index (κ1) is 14.8. The molecule has 2 aromatic rings. The van der Waals surface area contributed by atoms with Gasteiger partial charge in [-0.2, -0.15) is 0 Å². The molecule has 0 radical (unpaired) electrons. The summed E-state index contributed by atoms with van der Waals surface area (Å²) < 4.78 is 14.9. The van der Waals surface area contributed by atoms with Gasteiger partial charge in [-0.1, -0.05) is 17.7 Å². The van der Waals surface area contributed by atoms with E-state index < -0.39 is 6.10 Å². The highest BCUT2D eigenvalue weighted by Gasteiger charge is 2.20. The summed E-state index contributed by atoms with van der Waals surface area (Å²) in [6, 6.07) is 8.52. The maximum Gasteiger partial charge on any atom is 0.129 e. The number of rotatable bonds is 2. The van der Waals surface area contributed by atoms with Gasteiger partial charge in [0.1, 0.15) is 11.9 Å². The van der Waals surface area contributed by atoms with E-state index in [1.807, 2.05) is 19.1 Å². The van der Waals surface area contributed by atoms with Crippen molar-refractivity contribution in [1.82, 2.24) is 0 Å². The monoisotopic (exact) mass is 390 g/mol. The molecule has 0 spiro atoms. The van der Waals surface area contributed by atoms with Crippen molar-refractivity contribution in [3.05, 3.63) is 67.0 Å². The molecule has 0 saturated carbocycles. The van der Waals surface area contributed by atoms with Crippen molar-refractivity contribution in [3.8, 4) is 0 Å². The van der Waals surface area contributed by atoms with Crippen LogP contribution in [0.1, 0.15) is 28.4 Å². The summed E-state index contributed by atoms with van der Waals surface area (Å²) in [4.78, 5) is 0. The minimum absolute atomic E-state index is 0.311. The largest absolute Gasteiger partial charge is 0.383 e. The van der Waals surface area contributed by atoms with E-state index in [9.17, 15) is 9.50 Å². The Morgan fingerprint density at radius 2 is 1.89 bits per heavy atom. The van der Waals surface area contributed by atoms with Crippen LogP contribution in [0.2, 0.25) is 5.02 Å². The fraction of sp³-hybridized carbons (Fsp3) is 0.200. The molecule has 0 aliphatic rings. The van der Waals surface area contributed by atoms with Crippen LogP contribution in [0.25, 0.3) is 0 Å². The summed E-state index contributed by atoms with van der Waals surface area (Å²) in [6.45, 7) is 3.63. The molecule has 2 aromatic carbocycles. The lowest BCUT2D eigenvalue weighted by molar-refractivity contribution is 0.213. The second-order valence-corrected chi connectivity index (χ2v) is 6.14. The molecular weight excluding hydrogens is 378 g/mol. The Kier molecular flexibility index (Phi) is 4.48. The smallest absolute Gasteiger partial charge is 0.129 e. The fourth-order valence-corrected chi connectivity index (χ4v) is 2.96. The molecule has 0 aliphatic carbocycles. The van der Waals surface area contributed by atoms with E-state index in [4.69, 9.17) is 11.6 Å². The van der Waals surface area contributed by atoms with Gasteiger partial charge >= 0.3 is 0 Å². The topological polar surface area (TPSA) is 20.2 Å². The predicted octanol–water partition coefficient (Wildman–Crippen LogP) is 4.78. The molecule has 1 atom stereocenters. The van der Waals surface area contributed by atoms with Gasteiger partial charge in [0.25, 0.3) is 0 Å². The molecule has 0 bridgehead atoms. The number of hydrogen-bond acceptors (Lipinski definition) is 1. The zero-order valence-electron chi connectivity index (χ0n) is 10.5. The molecule has 0 amide bonds. The second kappa shape index (κ2) is 5.77. The zero-order chi connectivity index (χ0) is 14.2. The molecule has 4 heteroatoms. The lowest BCUT2D eigenvalue weighted by Gasteiger charge is -2.17. The van der Waals surface area contributed by atoms with E-state index in [-0.39, 0.29) is 5.82 Å². The summed E-state index contributed by atoms with van der Waals surface area (Å²) in [5, 5.41) is 11.0. The molecule has 0 saturated heterocycles. The Hall–Kier alpha value is -0.650. The predicted molar refractivity (Wildman–Crippen MR) is 84.1 cm³/mol. The maximum absolute atomic E-state index is 14.1. The van der Waals surface area contributed by atoms with Crippen molar-refractivity contribution in [1.29, 1.82) is 0 Å². The number of benzene rings is 2. The number of aryl methyl sites for hydroxylation is 2. The van der Waals surface area contributed by atoms with Crippen LogP contribution in [0.5, 0.6) is 0 Å². The van der Waals surface area contributed by atoms with Crippen molar-refractivity contribution in [3.63, 3.8) is 0 Å². The van der Waals surface area contributed by atoms with Crippen LogP contribution in [0.3, 0.4) is 0 Å². The summed E-state index contributed by atoms with van der Waals surface area (Å²) in [5.41, 5.74) is 2.51. The highest BCUT2D eigenvalue weighted by Crippen LogP contribution is 2.32. The first-order valence-corrected chi connectivity index (χ1v) is 7.25. The summed E-state index contributed by atoms with van der Waals surface area (Å²) in [6.07, 6.45) is -1.01. The Bertz CT molecular complexity index is 605. The van der Waals surface area contributed by atoms with E-state index in [2.05, 4.69) is 22.6 Å². The van der Waals surface area contributed by atoms with Gasteiger partial charge in [0.2, 0.25) is 0 Å². The van der Waals surface area contributed by atoms with Gasteiger partial charge in [0.05, 0.1) is 0 Å². The minimum atomic E-state index is -1.01. The standard InChI is InChI=1S/C15H13ClFIO/c1-8-5-9(2)14(12(17)6-8)15(19)11-7-10(16)3-4-13(11)18/h3-7,15,19H,1-2H3. The third-order valence-corrected chi connectivity index (χ3v) is 4.22. The minimum Gasteiger partial charge on any atom is -0.383 e. The van der Waals surface area contributed by atoms with Gasteiger partial charge in [-0.3, -0.25) is 0 Å². The van der Waals surface area contributed by atoms with Crippen molar-refractivity contribution >= 4 is 34.2 Å². The normalized spacial score (nSPS) is 12.5. The van der Waals surface area contributed by atoms with E-state index in [0.29, 0.717) is 16.1 Å². The fourth-order valence-electron chi connectivity index (χ4n) is 2.15. The molecular formula is C15H13ClFIO. The number of aliphatic hydroxyl groups is 1. The quantitative estimate of drug-likeness (QED) is 0.732. The highest BCUT2D eigenvalue weighted by molar-refractivity contribution is 14.1. The van der Waals surface area contributed by atoms with Crippen LogP contribution >= 0.6 is 34.2 Å². The summed E-state index contributed by atoms with van der Waals surface area (Å²) in [7, 11) is 0. The van der Waals surface area contributed by atoms with Gasteiger partial charge in [0, 0.05) is 14.2 Å². The SMILES string of the molecule is Cc1cc(C)c(C(O)c2cc(Cl)ccc2I)c(F)c1. The molecule has 100 valence electrons. The molecule has 0 aromatic heterocycles. The van der Waals surface area contributed by atoms with E-state index in [1.54, 1.807) is 19.1 Å². The van der Waals surface area contributed by atoms with Gasteiger partial charge in [0.15, 0.2) is 0 Å². The third kappa shape index (κ3) is 3.09. The Morgan fingerprint density at radius 3 is 2.53 bits per heavy atom. The van der Waals surface area contributed by atoms with E-state index >= 15 is 0 Å². The lowest BCUT2D eigenvalue weighted by Crippen LogP contribution is -2.07. The molecule has 1 nitrogen and oxygen atoms in total. The molecule has 19 heavy (non-hydrogen) atoms. The Labute approximate surface area is 130 Å². The Morgan fingerprint density at radius 1 is 1.21 bits per heavy atom. The molecule has 1 N–H and O–H groups in total. The second-order valence-electron chi connectivity index (χ2n) is 4.55. The highest BCUT2D eigenvalue weighted by atomic mass is 127. The van der Waals surface area contributed by atoms with Crippen LogP contribution < -0.4 is 0 Å². The van der Waals surface area contributed by atoms with Crippen molar-refractivity contribution in [2.24, 2.45) is 0 Å². The molecule has 0 heterocycles. The first-order valence-electron chi connectivity index (χ1n) is 5.80.